The lowest BCUT2D eigenvalue weighted by Crippen LogP contribution is -2.47. The SMILES string of the molecule is CCCCCCCCCCCCCCC=CCC(CC)(CO)[N+]1=C(OC(=O)C=CCCCCCCCCCCCCCCC)NCC1. The summed E-state index contributed by atoms with van der Waals surface area (Å²) in [5.41, 5.74) is -0.454. The van der Waals surface area contributed by atoms with Gasteiger partial charge in [0, 0.05) is 12.5 Å². The van der Waals surface area contributed by atoms with Gasteiger partial charge in [0.2, 0.25) is 0 Å². The molecule has 47 heavy (non-hydrogen) atoms. The van der Waals surface area contributed by atoms with Crippen LogP contribution in [0, 0.1) is 0 Å². The van der Waals surface area contributed by atoms with Gasteiger partial charge in [0.15, 0.2) is 0 Å². The fourth-order valence-corrected chi connectivity index (χ4v) is 6.84. The van der Waals surface area contributed by atoms with Crippen LogP contribution in [-0.4, -0.2) is 46.9 Å². The molecule has 1 aliphatic rings. The molecule has 0 aromatic heterocycles. The standard InChI is InChI=1S/C42H78N2O3/c1-4-7-9-11-13-15-17-19-21-23-25-27-29-31-33-35-40(46)47-41-43-37-38-44(41)42(6-3,39-45)36-34-32-30-28-26-24-22-20-18-16-14-12-10-8-5-2/h32-35,45H,4-31,36-39H2,1-3H3/p+1. The Hall–Kier alpha value is -1.62. The van der Waals surface area contributed by atoms with Gasteiger partial charge in [0.1, 0.15) is 18.6 Å². The molecule has 1 heterocycles. The Balaban J connectivity index is 2.24. The molecule has 0 saturated carbocycles. The molecule has 5 heteroatoms. The molecule has 0 radical (unpaired) electrons. The van der Waals surface area contributed by atoms with E-state index in [0.717, 1.165) is 45.2 Å². The number of allylic oxidation sites excluding steroid dienone is 2. The van der Waals surface area contributed by atoms with E-state index in [1.54, 1.807) is 6.08 Å². The minimum absolute atomic E-state index is 0.0318. The topological polar surface area (TPSA) is 61.6 Å². The van der Waals surface area contributed by atoms with E-state index < -0.39 is 5.54 Å². The summed E-state index contributed by atoms with van der Waals surface area (Å²) in [6.45, 7) is 8.15. The molecule has 0 aromatic carbocycles. The Morgan fingerprint density at radius 2 is 1.09 bits per heavy atom. The highest BCUT2D eigenvalue weighted by Gasteiger charge is 2.41. The highest BCUT2D eigenvalue weighted by atomic mass is 16.6. The summed E-state index contributed by atoms with van der Waals surface area (Å²) in [5, 5.41) is 13.7. The van der Waals surface area contributed by atoms with Gasteiger partial charge in [-0.2, -0.15) is 0 Å². The summed E-state index contributed by atoms with van der Waals surface area (Å²) in [5.74, 6) is -0.334. The van der Waals surface area contributed by atoms with Gasteiger partial charge in [-0.05, 0) is 32.1 Å². The van der Waals surface area contributed by atoms with Crippen LogP contribution in [0.4, 0.5) is 0 Å². The second-order valence-corrected chi connectivity index (χ2v) is 14.3. The van der Waals surface area contributed by atoms with Crippen LogP contribution in [0.3, 0.4) is 0 Å². The predicted molar refractivity (Wildman–Crippen MR) is 203 cm³/mol. The van der Waals surface area contributed by atoms with Crippen molar-refractivity contribution in [2.45, 2.75) is 213 Å². The van der Waals surface area contributed by atoms with Crippen molar-refractivity contribution in [3.63, 3.8) is 0 Å². The molecule has 0 aliphatic carbocycles. The minimum Gasteiger partial charge on any atom is -0.392 e. The van der Waals surface area contributed by atoms with Crippen LogP contribution >= 0.6 is 0 Å². The van der Waals surface area contributed by atoms with Gasteiger partial charge >= 0.3 is 12.0 Å². The zero-order valence-electron chi connectivity index (χ0n) is 31.6. The number of rotatable bonds is 33. The first-order chi connectivity index (χ1) is 23.1. The highest BCUT2D eigenvalue weighted by molar-refractivity contribution is 5.91. The number of esters is 1. The molecule has 0 spiro atoms. The number of ether oxygens (including phenoxy) is 1. The van der Waals surface area contributed by atoms with Crippen molar-refractivity contribution in [2.75, 3.05) is 19.7 Å². The van der Waals surface area contributed by atoms with Gasteiger partial charge < -0.3 is 9.84 Å². The van der Waals surface area contributed by atoms with Crippen LogP contribution in [0.5, 0.6) is 0 Å². The van der Waals surface area contributed by atoms with E-state index in [4.69, 9.17) is 4.74 Å². The maximum Gasteiger partial charge on any atom is 0.452 e. The van der Waals surface area contributed by atoms with Gasteiger partial charge in [-0.1, -0.05) is 187 Å². The van der Waals surface area contributed by atoms with Crippen LogP contribution in [0.25, 0.3) is 0 Å². The van der Waals surface area contributed by atoms with E-state index in [1.807, 2.05) is 6.08 Å². The molecular formula is C42H79N2O3+. The fraction of sp³-hybridized carbons (Fsp3) is 0.857. The van der Waals surface area contributed by atoms with Crippen molar-refractivity contribution in [1.29, 1.82) is 0 Å². The zero-order valence-corrected chi connectivity index (χ0v) is 31.6. The van der Waals surface area contributed by atoms with Crippen molar-refractivity contribution in [3.05, 3.63) is 24.3 Å². The summed E-state index contributed by atoms with van der Waals surface area (Å²) in [6.07, 6.45) is 45.5. The van der Waals surface area contributed by atoms with Gasteiger partial charge in [-0.15, -0.1) is 0 Å². The molecule has 0 bridgehead atoms. The lowest BCUT2D eigenvalue weighted by atomic mass is 9.91. The van der Waals surface area contributed by atoms with Crippen LogP contribution in [0.15, 0.2) is 24.3 Å². The average molecular weight is 660 g/mol. The van der Waals surface area contributed by atoms with Gasteiger partial charge in [-0.3, -0.25) is 0 Å². The summed E-state index contributed by atoms with van der Waals surface area (Å²) in [4.78, 5) is 12.6. The quantitative estimate of drug-likeness (QED) is 0.0242. The molecule has 2 N–H and O–H groups in total. The van der Waals surface area contributed by atoms with Crippen molar-refractivity contribution in [2.24, 2.45) is 0 Å². The molecular weight excluding hydrogens is 580 g/mol. The second kappa shape index (κ2) is 31.6. The molecule has 1 unspecified atom stereocenters. The van der Waals surface area contributed by atoms with E-state index in [1.165, 1.54) is 154 Å². The smallest absolute Gasteiger partial charge is 0.392 e. The lowest BCUT2D eigenvalue weighted by Gasteiger charge is -2.28. The number of aliphatic hydroxyl groups excluding tert-OH is 1. The molecule has 274 valence electrons. The molecule has 0 fully saturated rings. The highest BCUT2D eigenvalue weighted by Crippen LogP contribution is 2.23. The van der Waals surface area contributed by atoms with Crippen molar-refractivity contribution >= 4 is 12.0 Å². The number of carbonyl (C=O) groups excluding carboxylic acids is 1. The summed E-state index contributed by atoms with van der Waals surface area (Å²) in [7, 11) is 0. The third-order valence-electron chi connectivity index (χ3n) is 10.2. The normalized spacial score (nSPS) is 14.8. The minimum atomic E-state index is -0.454. The number of amidine groups is 1. The number of nitrogens with one attached hydrogen (secondary N) is 1. The number of hydrogen-bond donors (Lipinski definition) is 2. The Kier molecular flexibility index (Phi) is 29.2. The van der Waals surface area contributed by atoms with E-state index in [2.05, 4.69) is 42.8 Å². The Bertz CT molecular complexity index is 815. The van der Waals surface area contributed by atoms with Crippen molar-refractivity contribution in [1.82, 2.24) is 5.32 Å². The first-order valence-electron chi connectivity index (χ1n) is 20.7. The second-order valence-electron chi connectivity index (χ2n) is 14.3. The largest absolute Gasteiger partial charge is 0.452 e. The molecule has 0 aromatic rings. The average Bonchev–Trinajstić information content (AvgIpc) is 3.55. The molecule has 5 nitrogen and oxygen atoms in total. The summed E-state index contributed by atoms with van der Waals surface area (Å²) in [6, 6.07) is 0.492. The first kappa shape index (κ1) is 43.4. The molecule has 1 atom stereocenters. The van der Waals surface area contributed by atoms with E-state index in [9.17, 15) is 9.90 Å². The number of aliphatic hydroxyl groups is 1. The third kappa shape index (κ3) is 22.6. The monoisotopic (exact) mass is 660 g/mol. The first-order valence-corrected chi connectivity index (χ1v) is 20.7. The van der Waals surface area contributed by atoms with Crippen LogP contribution in [0.1, 0.15) is 207 Å². The molecule has 0 saturated heterocycles. The van der Waals surface area contributed by atoms with E-state index in [-0.39, 0.29) is 12.6 Å². The van der Waals surface area contributed by atoms with Gasteiger partial charge in [0.25, 0.3) is 0 Å². The molecule has 1 rings (SSSR count). The number of carbonyl (C=O) groups is 1. The number of nitrogens with zero attached hydrogens (tertiary/aromatic N) is 1. The third-order valence-corrected chi connectivity index (χ3v) is 10.2. The number of hydrogen-bond acceptors (Lipinski definition) is 4. The van der Waals surface area contributed by atoms with Crippen molar-refractivity contribution < 1.29 is 19.2 Å². The van der Waals surface area contributed by atoms with Crippen molar-refractivity contribution in [3.8, 4) is 0 Å². The molecule has 0 amide bonds. The van der Waals surface area contributed by atoms with E-state index in [0.29, 0.717) is 6.02 Å². The van der Waals surface area contributed by atoms with Crippen LogP contribution < -0.4 is 5.32 Å². The Morgan fingerprint density at radius 3 is 1.51 bits per heavy atom. The maximum atomic E-state index is 12.6. The van der Waals surface area contributed by atoms with Crippen LogP contribution in [0.2, 0.25) is 0 Å². The Morgan fingerprint density at radius 1 is 0.660 bits per heavy atom. The zero-order chi connectivity index (χ0) is 34.1. The Labute approximate surface area is 292 Å². The van der Waals surface area contributed by atoms with Crippen LogP contribution in [-0.2, 0) is 9.53 Å². The maximum absolute atomic E-state index is 12.6. The van der Waals surface area contributed by atoms with Gasteiger partial charge in [0.05, 0.1) is 6.61 Å². The summed E-state index contributed by atoms with van der Waals surface area (Å²) < 4.78 is 7.83. The van der Waals surface area contributed by atoms with Gasteiger partial charge in [-0.25, -0.2) is 14.7 Å². The number of unbranched alkanes of at least 4 members (excludes halogenated alkanes) is 25. The van der Waals surface area contributed by atoms with E-state index >= 15 is 0 Å². The summed E-state index contributed by atoms with van der Waals surface area (Å²) >= 11 is 0. The predicted octanol–water partition coefficient (Wildman–Crippen LogP) is 11.7. The lowest BCUT2D eigenvalue weighted by molar-refractivity contribution is -0.610. The molecule has 1 aliphatic heterocycles. The fourth-order valence-electron chi connectivity index (χ4n) is 6.84.